The summed E-state index contributed by atoms with van der Waals surface area (Å²) in [5.74, 6) is -0.181. The Morgan fingerprint density at radius 1 is 1.12 bits per heavy atom. The third kappa shape index (κ3) is 3.64. The van der Waals surface area contributed by atoms with Gasteiger partial charge in [-0.2, -0.15) is 0 Å². The molecule has 6 nitrogen and oxygen atoms in total. The van der Waals surface area contributed by atoms with Crippen molar-refractivity contribution >= 4 is 0 Å². The molecule has 1 aromatic rings. The average Bonchev–Trinajstić information content (AvgIpc) is 2.16. The minimum absolute atomic E-state index is 0.130. The van der Waals surface area contributed by atoms with Gasteiger partial charge in [-0.1, -0.05) is 31.2 Å². The first-order valence-electron chi connectivity index (χ1n) is 4.81. The molecule has 0 fully saturated rings. The van der Waals surface area contributed by atoms with E-state index >= 15 is 0 Å². The molecule has 0 aliphatic rings. The van der Waals surface area contributed by atoms with Crippen LogP contribution in [0.4, 0.5) is 0 Å². The molecule has 1 atom stereocenters. The molecule has 1 aromatic carbocycles. The van der Waals surface area contributed by atoms with Gasteiger partial charge in [-0.15, -0.1) is 0 Å². The predicted octanol–water partition coefficient (Wildman–Crippen LogP) is 1.84. The zero-order valence-corrected chi connectivity index (χ0v) is 8.83. The van der Waals surface area contributed by atoms with E-state index in [1.165, 1.54) is 0 Å². The van der Waals surface area contributed by atoms with E-state index in [-0.39, 0.29) is 23.9 Å². The van der Waals surface area contributed by atoms with Crippen LogP contribution in [0.3, 0.4) is 0 Å². The minimum atomic E-state index is -0.407. The lowest BCUT2D eigenvalue weighted by Gasteiger charge is -2.06. The Hall–Kier alpha value is -1.98. The molecule has 0 aliphatic carbocycles. The standard InChI is InChI=1S/C10H12N2O4/c1-8(6-11(13)14)10-4-2-9(3-5-10)7-12(15)16/h2-5,8H,6-7H2,1H3. The molecular weight excluding hydrogens is 212 g/mol. The maximum Gasteiger partial charge on any atom is 0.228 e. The zero-order valence-electron chi connectivity index (χ0n) is 8.83. The summed E-state index contributed by atoms with van der Waals surface area (Å²) in [5.41, 5.74) is 1.42. The third-order valence-corrected chi connectivity index (χ3v) is 2.28. The fourth-order valence-electron chi connectivity index (χ4n) is 1.43. The summed E-state index contributed by atoms with van der Waals surface area (Å²) >= 11 is 0. The van der Waals surface area contributed by atoms with E-state index in [2.05, 4.69) is 0 Å². The van der Waals surface area contributed by atoms with Crippen molar-refractivity contribution in [2.75, 3.05) is 6.54 Å². The van der Waals surface area contributed by atoms with E-state index in [0.717, 1.165) is 5.56 Å². The number of hydrogen-bond acceptors (Lipinski definition) is 4. The quantitative estimate of drug-likeness (QED) is 0.564. The lowest BCUT2D eigenvalue weighted by atomic mass is 10.00. The first-order valence-corrected chi connectivity index (χ1v) is 4.81. The molecule has 0 saturated heterocycles. The van der Waals surface area contributed by atoms with Crippen LogP contribution in [0.15, 0.2) is 24.3 Å². The van der Waals surface area contributed by atoms with Crippen molar-refractivity contribution in [3.8, 4) is 0 Å². The highest BCUT2D eigenvalue weighted by Gasteiger charge is 2.12. The molecule has 0 spiro atoms. The first-order chi connectivity index (χ1) is 7.49. The van der Waals surface area contributed by atoms with Crippen molar-refractivity contribution < 1.29 is 9.85 Å². The number of hydrogen-bond donors (Lipinski definition) is 0. The molecule has 86 valence electrons. The second-order valence-electron chi connectivity index (χ2n) is 3.65. The van der Waals surface area contributed by atoms with Gasteiger partial charge in [-0.3, -0.25) is 20.2 Å². The first kappa shape index (κ1) is 12.1. The summed E-state index contributed by atoms with van der Waals surface area (Å²) in [6.45, 7) is 1.41. The zero-order chi connectivity index (χ0) is 12.1. The molecule has 6 heteroatoms. The van der Waals surface area contributed by atoms with E-state index in [4.69, 9.17) is 0 Å². The van der Waals surface area contributed by atoms with E-state index in [0.29, 0.717) is 5.56 Å². The van der Waals surface area contributed by atoms with E-state index < -0.39 is 4.92 Å². The molecule has 1 unspecified atom stereocenters. The highest BCUT2D eigenvalue weighted by atomic mass is 16.6. The van der Waals surface area contributed by atoms with Gasteiger partial charge in [-0.25, -0.2) is 0 Å². The summed E-state index contributed by atoms with van der Waals surface area (Å²) in [7, 11) is 0. The molecule has 16 heavy (non-hydrogen) atoms. The van der Waals surface area contributed by atoms with E-state index in [9.17, 15) is 20.2 Å². The van der Waals surface area contributed by atoms with Crippen LogP contribution >= 0.6 is 0 Å². The van der Waals surface area contributed by atoms with Crippen molar-refractivity contribution in [3.05, 3.63) is 55.6 Å². The number of nitro groups is 2. The maximum absolute atomic E-state index is 10.3. The highest BCUT2D eigenvalue weighted by Crippen LogP contribution is 2.16. The summed E-state index contributed by atoms with van der Waals surface area (Å²) in [6, 6.07) is 6.67. The van der Waals surface area contributed by atoms with Gasteiger partial charge in [0, 0.05) is 21.3 Å². The van der Waals surface area contributed by atoms with Gasteiger partial charge >= 0.3 is 0 Å². The van der Waals surface area contributed by atoms with Crippen molar-refractivity contribution in [3.63, 3.8) is 0 Å². The van der Waals surface area contributed by atoms with Gasteiger partial charge in [0.25, 0.3) is 0 Å². The Morgan fingerprint density at radius 3 is 2.12 bits per heavy atom. The normalized spacial score (nSPS) is 12.1. The molecule has 0 radical (unpaired) electrons. The van der Waals surface area contributed by atoms with Gasteiger partial charge in [-0.05, 0) is 5.56 Å². The summed E-state index contributed by atoms with van der Waals surface area (Å²) in [4.78, 5) is 19.8. The van der Waals surface area contributed by atoms with Gasteiger partial charge in [0.15, 0.2) is 0 Å². The molecule has 0 N–H and O–H groups in total. The molecule has 0 aliphatic heterocycles. The van der Waals surface area contributed by atoms with Crippen molar-refractivity contribution in [2.45, 2.75) is 19.4 Å². The summed E-state index contributed by atoms with van der Waals surface area (Å²) < 4.78 is 0. The summed E-state index contributed by atoms with van der Waals surface area (Å²) in [6.07, 6.45) is 0. The van der Waals surface area contributed by atoms with Crippen LogP contribution in [-0.4, -0.2) is 16.4 Å². The van der Waals surface area contributed by atoms with Crippen LogP contribution in [0.5, 0.6) is 0 Å². The lowest BCUT2D eigenvalue weighted by Crippen LogP contribution is -2.09. The van der Waals surface area contributed by atoms with E-state index in [1.807, 2.05) is 0 Å². The van der Waals surface area contributed by atoms with Crippen molar-refractivity contribution in [2.24, 2.45) is 0 Å². The van der Waals surface area contributed by atoms with Crippen LogP contribution in [0, 0.1) is 20.2 Å². The Kier molecular flexibility index (Phi) is 3.93. The van der Waals surface area contributed by atoms with Crippen LogP contribution < -0.4 is 0 Å². The van der Waals surface area contributed by atoms with Gasteiger partial charge in [0.2, 0.25) is 13.1 Å². The van der Waals surface area contributed by atoms with Gasteiger partial charge in [0.1, 0.15) is 0 Å². The van der Waals surface area contributed by atoms with Gasteiger partial charge in [0.05, 0.1) is 0 Å². The largest absolute Gasteiger partial charge is 0.265 e. The lowest BCUT2D eigenvalue weighted by molar-refractivity contribution is -0.496. The van der Waals surface area contributed by atoms with Crippen LogP contribution in [0.2, 0.25) is 0 Å². The second-order valence-corrected chi connectivity index (χ2v) is 3.65. The van der Waals surface area contributed by atoms with Gasteiger partial charge < -0.3 is 0 Å². The second kappa shape index (κ2) is 5.20. The smallest absolute Gasteiger partial charge is 0.228 e. The number of nitrogens with zero attached hydrogens (tertiary/aromatic N) is 2. The fourth-order valence-corrected chi connectivity index (χ4v) is 1.43. The van der Waals surface area contributed by atoms with Crippen LogP contribution in [-0.2, 0) is 6.54 Å². The predicted molar refractivity (Wildman–Crippen MR) is 57.4 cm³/mol. The Labute approximate surface area is 92.2 Å². The molecule has 1 rings (SSSR count). The molecule has 0 amide bonds. The van der Waals surface area contributed by atoms with E-state index in [1.54, 1.807) is 31.2 Å². The van der Waals surface area contributed by atoms with Crippen LogP contribution in [0.25, 0.3) is 0 Å². The fraction of sp³-hybridized carbons (Fsp3) is 0.400. The average molecular weight is 224 g/mol. The van der Waals surface area contributed by atoms with Crippen molar-refractivity contribution in [1.29, 1.82) is 0 Å². The third-order valence-electron chi connectivity index (χ3n) is 2.28. The molecule has 0 saturated carbocycles. The number of rotatable bonds is 5. The topological polar surface area (TPSA) is 86.3 Å². The molecule has 0 heterocycles. The molecule has 0 bridgehead atoms. The molecule has 0 aromatic heterocycles. The Balaban J connectivity index is 2.70. The van der Waals surface area contributed by atoms with Crippen molar-refractivity contribution in [1.82, 2.24) is 0 Å². The number of benzene rings is 1. The monoisotopic (exact) mass is 224 g/mol. The van der Waals surface area contributed by atoms with Crippen LogP contribution in [0.1, 0.15) is 24.0 Å². The summed E-state index contributed by atoms with van der Waals surface area (Å²) in [5, 5.41) is 20.6. The highest BCUT2D eigenvalue weighted by molar-refractivity contribution is 5.24. The maximum atomic E-state index is 10.3. The molecular formula is C10H12N2O4. The SMILES string of the molecule is CC(C[N+](=O)[O-])c1ccc(C[N+](=O)[O-])cc1. The Morgan fingerprint density at radius 2 is 1.69 bits per heavy atom. The minimum Gasteiger partial charge on any atom is -0.265 e. The Bertz CT molecular complexity index is 388.